The third-order valence-electron chi connectivity index (χ3n) is 4.48. The number of carbonyl (C=O) groups is 3. The Labute approximate surface area is 160 Å². The highest BCUT2D eigenvalue weighted by atomic mass is 16.7. The molecule has 1 N–H and O–H groups in total. The summed E-state index contributed by atoms with van der Waals surface area (Å²) in [5, 5.41) is 2.62. The Morgan fingerprint density at radius 3 is 2.89 bits per heavy atom. The van der Waals surface area contributed by atoms with Crippen LogP contribution in [0.5, 0.6) is 11.5 Å². The number of hydrogen-bond acceptors (Lipinski definition) is 7. The van der Waals surface area contributed by atoms with Crippen LogP contribution in [0, 0.1) is 5.92 Å². The molecule has 28 heavy (non-hydrogen) atoms. The molecule has 146 valence electrons. The maximum atomic E-state index is 12.2. The minimum absolute atomic E-state index is 0.0589. The average Bonchev–Trinajstić information content (AvgIpc) is 3.42. The van der Waals surface area contributed by atoms with Crippen LogP contribution in [0.15, 0.2) is 41.0 Å². The second-order valence-corrected chi connectivity index (χ2v) is 6.48. The molecular formula is C19H18N2O7. The van der Waals surface area contributed by atoms with Crippen LogP contribution in [0.1, 0.15) is 12.2 Å². The Morgan fingerprint density at radius 1 is 1.21 bits per heavy atom. The summed E-state index contributed by atoms with van der Waals surface area (Å²) in [4.78, 5) is 37.8. The Kier molecular flexibility index (Phi) is 4.88. The lowest BCUT2D eigenvalue weighted by molar-refractivity contribution is -0.151. The Morgan fingerprint density at radius 2 is 2.07 bits per heavy atom. The van der Waals surface area contributed by atoms with Crippen molar-refractivity contribution in [2.24, 2.45) is 5.92 Å². The zero-order valence-electron chi connectivity index (χ0n) is 14.9. The van der Waals surface area contributed by atoms with E-state index in [4.69, 9.17) is 18.6 Å². The molecule has 0 aliphatic carbocycles. The molecule has 0 radical (unpaired) electrons. The molecule has 2 aromatic rings. The lowest BCUT2D eigenvalue weighted by Gasteiger charge is -2.14. The van der Waals surface area contributed by atoms with E-state index in [2.05, 4.69) is 5.32 Å². The number of carbonyl (C=O) groups excluding carboxylic acids is 3. The van der Waals surface area contributed by atoms with Crippen molar-refractivity contribution in [3.63, 3.8) is 0 Å². The van der Waals surface area contributed by atoms with Crippen molar-refractivity contribution in [2.45, 2.75) is 13.0 Å². The van der Waals surface area contributed by atoms with Crippen molar-refractivity contribution in [1.29, 1.82) is 0 Å². The fourth-order valence-corrected chi connectivity index (χ4v) is 3.10. The molecule has 0 saturated carbocycles. The number of amides is 2. The van der Waals surface area contributed by atoms with Crippen molar-refractivity contribution in [1.82, 2.24) is 4.90 Å². The number of nitrogens with one attached hydrogen (secondary N) is 1. The van der Waals surface area contributed by atoms with Crippen LogP contribution in [-0.2, 0) is 25.7 Å². The molecule has 2 amide bonds. The van der Waals surface area contributed by atoms with E-state index in [0.29, 0.717) is 29.5 Å². The summed E-state index contributed by atoms with van der Waals surface area (Å²) in [6.45, 7) is 0.250. The van der Waals surface area contributed by atoms with E-state index in [9.17, 15) is 14.4 Å². The van der Waals surface area contributed by atoms with Gasteiger partial charge >= 0.3 is 5.97 Å². The van der Waals surface area contributed by atoms with E-state index in [1.807, 2.05) is 0 Å². The second kappa shape index (κ2) is 7.63. The summed E-state index contributed by atoms with van der Waals surface area (Å²) in [7, 11) is 0. The van der Waals surface area contributed by atoms with Crippen molar-refractivity contribution in [2.75, 3.05) is 25.3 Å². The summed E-state index contributed by atoms with van der Waals surface area (Å²) >= 11 is 0. The standard InChI is InChI=1S/C19H18N2O7/c22-17(20-13-3-4-15-16(7-13)28-11-27-15)10-26-19(24)12-6-18(23)21(8-12)9-14-2-1-5-25-14/h1-5,7,12H,6,8-11H2,(H,20,22)/t12-/m1/s1. The van der Waals surface area contributed by atoms with Gasteiger partial charge in [0.15, 0.2) is 18.1 Å². The third-order valence-corrected chi connectivity index (χ3v) is 4.48. The first-order valence-corrected chi connectivity index (χ1v) is 8.75. The number of nitrogens with zero attached hydrogens (tertiary/aromatic N) is 1. The van der Waals surface area contributed by atoms with E-state index in [0.717, 1.165) is 0 Å². The number of likely N-dealkylation sites (tertiary alicyclic amines) is 1. The number of esters is 1. The highest BCUT2D eigenvalue weighted by Gasteiger charge is 2.35. The molecule has 1 saturated heterocycles. The molecule has 0 bridgehead atoms. The van der Waals surface area contributed by atoms with E-state index >= 15 is 0 Å². The lowest BCUT2D eigenvalue weighted by Crippen LogP contribution is -2.28. The zero-order valence-corrected chi connectivity index (χ0v) is 14.9. The topological polar surface area (TPSA) is 107 Å². The Bertz CT molecular complexity index is 894. The van der Waals surface area contributed by atoms with Crippen LogP contribution in [0.3, 0.4) is 0 Å². The third kappa shape index (κ3) is 3.93. The number of ether oxygens (including phenoxy) is 3. The Balaban J connectivity index is 1.25. The molecule has 0 unspecified atom stereocenters. The predicted octanol–water partition coefficient (Wildman–Crippen LogP) is 1.54. The summed E-state index contributed by atoms with van der Waals surface area (Å²) in [5.41, 5.74) is 0.506. The van der Waals surface area contributed by atoms with Gasteiger partial charge in [-0.05, 0) is 24.3 Å². The number of hydrogen-bond donors (Lipinski definition) is 1. The average molecular weight is 386 g/mol. The number of fused-ring (bicyclic) bond motifs is 1. The lowest BCUT2D eigenvalue weighted by atomic mass is 10.1. The maximum absolute atomic E-state index is 12.2. The van der Waals surface area contributed by atoms with Crippen LogP contribution in [0.25, 0.3) is 0 Å². The molecule has 1 fully saturated rings. The monoisotopic (exact) mass is 386 g/mol. The normalized spacial score (nSPS) is 17.6. The van der Waals surface area contributed by atoms with Gasteiger partial charge in [-0.2, -0.15) is 0 Å². The summed E-state index contributed by atoms with van der Waals surface area (Å²) in [6, 6.07) is 8.47. The largest absolute Gasteiger partial charge is 0.467 e. The Hall–Kier alpha value is -3.49. The molecule has 1 aromatic carbocycles. The van der Waals surface area contributed by atoms with Crippen LogP contribution in [0.2, 0.25) is 0 Å². The molecule has 2 aliphatic heterocycles. The van der Waals surface area contributed by atoms with Gasteiger partial charge in [0.2, 0.25) is 12.7 Å². The van der Waals surface area contributed by atoms with Crippen molar-refractivity contribution >= 4 is 23.5 Å². The first-order valence-electron chi connectivity index (χ1n) is 8.75. The summed E-state index contributed by atoms with van der Waals surface area (Å²) in [5.74, 6) is -0.0140. The van der Waals surface area contributed by atoms with Gasteiger partial charge in [0.25, 0.3) is 5.91 Å². The van der Waals surface area contributed by atoms with Crippen molar-refractivity contribution in [3.8, 4) is 11.5 Å². The molecule has 0 spiro atoms. The molecule has 2 aliphatic rings. The molecular weight excluding hydrogens is 368 g/mol. The highest BCUT2D eigenvalue weighted by Crippen LogP contribution is 2.34. The first-order chi connectivity index (χ1) is 13.6. The second-order valence-electron chi connectivity index (χ2n) is 6.48. The SMILES string of the molecule is O=C(COC(=O)[C@@H]1CC(=O)N(Cc2ccco2)C1)Nc1ccc2c(c1)OCO2. The van der Waals surface area contributed by atoms with E-state index < -0.39 is 24.4 Å². The minimum Gasteiger partial charge on any atom is -0.467 e. The van der Waals surface area contributed by atoms with Gasteiger partial charge in [-0.15, -0.1) is 0 Å². The van der Waals surface area contributed by atoms with Gasteiger partial charge in [-0.3, -0.25) is 14.4 Å². The molecule has 1 aromatic heterocycles. The van der Waals surface area contributed by atoms with Crippen LogP contribution in [0.4, 0.5) is 5.69 Å². The molecule has 9 nitrogen and oxygen atoms in total. The number of rotatable bonds is 6. The quantitative estimate of drug-likeness (QED) is 0.751. The fraction of sp³-hybridized carbons (Fsp3) is 0.316. The molecule has 9 heteroatoms. The van der Waals surface area contributed by atoms with Gasteiger partial charge in [-0.1, -0.05) is 0 Å². The zero-order chi connectivity index (χ0) is 19.5. The number of furan rings is 1. The highest BCUT2D eigenvalue weighted by molar-refractivity contribution is 5.94. The number of benzene rings is 1. The predicted molar refractivity (Wildman–Crippen MR) is 94.4 cm³/mol. The maximum Gasteiger partial charge on any atom is 0.311 e. The first kappa shape index (κ1) is 17.9. The number of anilines is 1. The van der Waals surface area contributed by atoms with Crippen LogP contribution < -0.4 is 14.8 Å². The smallest absolute Gasteiger partial charge is 0.311 e. The van der Waals surface area contributed by atoms with E-state index in [1.54, 1.807) is 30.3 Å². The van der Waals surface area contributed by atoms with Crippen molar-refractivity contribution in [3.05, 3.63) is 42.4 Å². The molecule has 3 heterocycles. The van der Waals surface area contributed by atoms with Gasteiger partial charge < -0.3 is 28.8 Å². The minimum atomic E-state index is -0.596. The van der Waals surface area contributed by atoms with E-state index in [-0.39, 0.29) is 25.7 Å². The van der Waals surface area contributed by atoms with Crippen LogP contribution >= 0.6 is 0 Å². The summed E-state index contributed by atoms with van der Waals surface area (Å²) in [6.07, 6.45) is 1.59. The molecule has 4 rings (SSSR count). The van der Waals surface area contributed by atoms with Crippen LogP contribution in [-0.4, -0.2) is 42.6 Å². The van der Waals surface area contributed by atoms with Crippen molar-refractivity contribution < 1.29 is 33.0 Å². The van der Waals surface area contributed by atoms with Gasteiger partial charge in [-0.25, -0.2) is 0 Å². The van der Waals surface area contributed by atoms with Gasteiger partial charge in [0.1, 0.15) is 5.76 Å². The fourth-order valence-electron chi connectivity index (χ4n) is 3.10. The summed E-state index contributed by atoms with van der Waals surface area (Å²) < 4.78 is 20.7. The van der Waals surface area contributed by atoms with Gasteiger partial charge in [0.05, 0.1) is 18.7 Å². The molecule has 1 atom stereocenters. The van der Waals surface area contributed by atoms with Gasteiger partial charge in [0, 0.05) is 24.7 Å². The van der Waals surface area contributed by atoms with E-state index in [1.165, 1.54) is 11.2 Å².